The third-order valence-corrected chi connectivity index (χ3v) is 4.46. The molecule has 0 bridgehead atoms. The number of amidine groups is 1. The van der Waals surface area contributed by atoms with Crippen LogP contribution in [0.4, 0.5) is 5.82 Å². The summed E-state index contributed by atoms with van der Waals surface area (Å²) in [6.45, 7) is 11.8. The van der Waals surface area contributed by atoms with Crippen molar-refractivity contribution in [3.63, 3.8) is 0 Å². The van der Waals surface area contributed by atoms with Crippen molar-refractivity contribution in [1.29, 1.82) is 5.41 Å². The van der Waals surface area contributed by atoms with Crippen molar-refractivity contribution in [1.82, 2.24) is 4.98 Å². The van der Waals surface area contributed by atoms with Crippen molar-refractivity contribution in [2.45, 2.75) is 47.1 Å². The molecule has 2 rings (SSSR count). The summed E-state index contributed by atoms with van der Waals surface area (Å²) < 4.78 is 0. The largest absolute Gasteiger partial charge is 0.384 e. The summed E-state index contributed by atoms with van der Waals surface area (Å²) in [5, 5.41) is 7.88. The maximum Gasteiger partial charge on any atom is 0.140 e. The number of aryl methyl sites for hydroxylation is 2. The fraction of sp³-hybridized carbons (Fsp3) is 0.625. The third-order valence-electron chi connectivity index (χ3n) is 4.46. The quantitative estimate of drug-likeness (QED) is 0.644. The zero-order valence-corrected chi connectivity index (χ0v) is 13.2. The number of nitrogens with one attached hydrogen (secondary N) is 1. The normalized spacial score (nSPS) is 26.6. The van der Waals surface area contributed by atoms with Crippen LogP contribution in [0.3, 0.4) is 0 Å². The van der Waals surface area contributed by atoms with Gasteiger partial charge in [0.2, 0.25) is 0 Å². The summed E-state index contributed by atoms with van der Waals surface area (Å²) in [4.78, 5) is 7.05. The molecule has 0 saturated carbocycles. The Balaban J connectivity index is 2.53. The van der Waals surface area contributed by atoms with Gasteiger partial charge in [-0.2, -0.15) is 0 Å². The van der Waals surface area contributed by atoms with E-state index in [1.54, 1.807) is 0 Å². The molecule has 0 aromatic carbocycles. The Labute approximate surface area is 121 Å². The van der Waals surface area contributed by atoms with Gasteiger partial charge in [0.1, 0.15) is 11.7 Å². The number of nitrogens with zero attached hydrogens (tertiary/aromatic N) is 2. The van der Waals surface area contributed by atoms with Crippen molar-refractivity contribution in [2.24, 2.45) is 17.6 Å². The highest BCUT2D eigenvalue weighted by Gasteiger charge is 2.31. The lowest BCUT2D eigenvalue weighted by molar-refractivity contribution is 0.295. The first-order valence-corrected chi connectivity index (χ1v) is 7.40. The number of hydrogen-bond acceptors (Lipinski definition) is 3. The fourth-order valence-corrected chi connectivity index (χ4v) is 3.35. The van der Waals surface area contributed by atoms with Crippen LogP contribution in [-0.2, 0) is 0 Å². The Morgan fingerprint density at radius 1 is 1.35 bits per heavy atom. The third kappa shape index (κ3) is 2.65. The van der Waals surface area contributed by atoms with E-state index in [1.807, 2.05) is 19.9 Å². The molecule has 1 aromatic heterocycles. The molecular formula is C16H26N4. The van der Waals surface area contributed by atoms with Gasteiger partial charge >= 0.3 is 0 Å². The van der Waals surface area contributed by atoms with E-state index in [-0.39, 0.29) is 5.84 Å². The van der Waals surface area contributed by atoms with Crippen LogP contribution < -0.4 is 10.6 Å². The Kier molecular flexibility index (Phi) is 4.02. The molecule has 1 fully saturated rings. The highest BCUT2D eigenvalue weighted by Crippen LogP contribution is 2.33. The Hall–Kier alpha value is -1.58. The summed E-state index contributed by atoms with van der Waals surface area (Å²) in [5.41, 5.74) is 8.63. The fourth-order valence-electron chi connectivity index (χ4n) is 3.35. The second-order valence-electron chi connectivity index (χ2n) is 6.40. The van der Waals surface area contributed by atoms with Gasteiger partial charge in [-0.1, -0.05) is 13.8 Å². The van der Waals surface area contributed by atoms with Gasteiger partial charge in [0.05, 0.1) is 5.56 Å². The highest BCUT2D eigenvalue weighted by molar-refractivity contribution is 6.01. The van der Waals surface area contributed by atoms with E-state index in [0.717, 1.165) is 29.2 Å². The van der Waals surface area contributed by atoms with E-state index in [1.165, 1.54) is 6.42 Å². The van der Waals surface area contributed by atoms with E-state index < -0.39 is 0 Å². The SMILES string of the molecule is Cc1cc(C)c(C(=N)N)c(N2CC(C)CC(C)C2C)n1. The smallest absolute Gasteiger partial charge is 0.140 e. The van der Waals surface area contributed by atoms with Gasteiger partial charge in [-0.25, -0.2) is 4.98 Å². The van der Waals surface area contributed by atoms with Crippen LogP contribution in [0.25, 0.3) is 0 Å². The van der Waals surface area contributed by atoms with Crippen molar-refractivity contribution in [3.05, 3.63) is 22.9 Å². The van der Waals surface area contributed by atoms with Gasteiger partial charge < -0.3 is 10.6 Å². The average Bonchev–Trinajstić information content (AvgIpc) is 2.32. The van der Waals surface area contributed by atoms with Crippen molar-refractivity contribution in [3.8, 4) is 0 Å². The molecule has 4 nitrogen and oxygen atoms in total. The number of rotatable bonds is 2. The number of pyridine rings is 1. The predicted molar refractivity (Wildman–Crippen MR) is 84.5 cm³/mol. The van der Waals surface area contributed by atoms with Crippen LogP contribution in [0.2, 0.25) is 0 Å². The highest BCUT2D eigenvalue weighted by atomic mass is 15.2. The predicted octanol–water partition coefficient (Wildman–Crippen LogP) is 2.85. The lowest BCUT2D eigenvalue weighted by Gasteiger charge is -2.42. The van der Waals surface area contributed by atoms with Gasteiger partial charge in [0.25, 0.3) is 0 Å². The van der Waals surface area contributed by atoms with E-state index >= 15 is 0 Å². The Morgan fingerprint density at radius 3 is 2.60 bits per heavy atom. The van der Waals surface area contributed by atoms with Crippen molar-refractivity contribution < 1.29 is 0 Å². The molecule has 1 aromatic rings. The number of piperidine rings is 1. The zero-order chi connectivity index (χ0) is 15.0. The first kappa shape index (κ1) is 14.8. The minimum atomic E-state index is 0.114. The molecule has 110 valence electrons. The van der Waals surface area contributed by atoms with Crippen LogP contribution in [0, 0.1) is 31.1 Å². The Morgan fingerprint density at radius 2 is 2.00 bits per heavy atom. The van der Waals surface area contributed by atoms with E-state index in [4.69, 9.17) is 16.1 Å². The zero-order valence-electron chi connectivity index (χ0n) is 13.2. The number of aromatic nitrogens is 1. The summed E-state index contributed by atoms with van der Waals surface area (Å²) in [5.74, 6) is 2.27. The van der Waals surface area contributed by atoms with Gasteiger partial charge in [0.15, 0.2) is 0 Å². The van der Waals surface area contributed by atoms with Crippen LogP contribution >= 0.6 is 0 Å². The summed E-state index contributed by atoms with van der Waals surface area (Å²) in [7, 11) is 0. The molecule has 0 amide bonds. The minimum absolute atomic E-state index is 0.114. The second-order valence-corrected chi connectivity index (χ2v) is 6.40. The van der Waals surface area contributed by atoms with Crippen LogP contribution in [0.5, 0.6) is 0 Å². The maximum atomic E-state index is 7.88. The molecule has 0 spiro atoms. The van der Waals surface area contributed by atoms with Crippen LogP contribution in [0.15, 0.2) is 6.07 Å². The first-order chi connectivity index (χ1) is 9.31. The van der Waals surface area contributed by atoms with Gasteiger partial charge in [-0.05, 0) is 50.7 Å². The van der Waals surface area contributed by atoms with Crippen molar-refractivity contribution >= 4 is 11.7 Å². The summed E-state index contributed by atoms with van der Waals surface area (Å²) >= 11 is 0. The molecule has 1 aliphatic heterocycles. The van der Waals surface area contributed by atoms with Gasteiger partial charge in [-0.15, -0.1) is 0 Å². The molecule has 0 radical (unpaired) electrons. The van der Waals surface area contributed by atoms with Crippen molar-refractivity contribution in [2.75, 3.05) is 11.4 Å². The molecule has 1 aliphatic rings. The molecule has 3 N–H and O–H groups in total. The topological polar surface area (TPSA) is 66.0 Å². The molecular weight excluding hydrogens is 248 g/mol. The van der Waals surface area contributed by atoms with Gasteiger partial charge in [-0.3, -0.25) is 5.41 Å². The molecule has 0 aliphatic carbocycles. The first-order valence-electron chi connectivity index (χ1n) is 7.40. The maximum absolute atomic E-state index is 7.88. The molecule has 3 atom stereocenters. The monoisotopic (exact) mass is 274 g/mol. The molecule has 1 saturated heterocycles. The lowest BCUT2D eigenvalue weighted by atomic mass is 9.85. The summed E-state index contributed by atoms with van der Waals surface area (Å²) in [6, 6.07) is 2.43. The number of nitrogens with two attached hydrogens (primary N) is 1. The molecule has 4 heteroatoms. The van der Waals surface area contributed by atoms with E-state index in [2.05, 4.69) is 25.7 Å². The minimum Gasteiger partial charge on any atom is -0.384 e. The standard InChI is InChI=1S/C16H26N4/c1-9-6-10(2)13(5)20(8-9)16-14(15(17)18)11(3)7-12(4)19-16/h7,9-10,13H,6,8H2,1-5H3,(H3,17,18). The number of anilines is 1. The number of nitrogen functional groups attached to an aromatic ring is 1. The molecule has 20 heavy (non-hydrogen) atoms. The molecule has 2 heterocycles. The molecule has 3 unspecified atom stereocenters. The average molecular weight is 274 g/mol. The van der Waals surface area contributed by atoms with E-state index in [9.17, 15) is 0 Å². The van der Waals surface area contributed by atoms with E-state index in [0.29, 0.717) is 17.9 Å². The van der Waals surface area contributed by atoms with Gasteiger partial charge in [0, 0.05) is 18.3 Å². The Bertz CT molecular complexity index is 523. The van der Waals surface area contributed by atoms with Crippen LogP contribution in [-0.4, -0.2) is 23.4 Å². The number of hydrogen-bond donors (Lipinski definition) is 2. The van der Waals surface area contributed by atoms with Crippen LogP contribution in [0.1, 0.15) is 44.0 Å². The lowest BCUT2D eigenvalue weighted by Crippen LogP contribution is -2.47. The summed E-state index contributed by atoms with van der Waals surface area (Å²) in [6.07, 6.45) is 1.25. The second kappa shape index (κ2) is 5.43.